The fourth-order valence-electron chi connectivity index (χ4n) is 10.7. The Hall–Kier alpha value is -5.20. The second-order valence-electron chi connectivity index (χ2n) is 17.9. The molecule has 5 aliphatic rings. The molecule has 4 saturated heterocycles. The van der Waals surface area contributed by atoms with Gasteiger partial charge in [0.2, 0.25) is 11.8 Å². The first-order valence-corrected chi connectivity index (χ1v) is 21.9. The Morgan fingerprint density at radius 3 is 2.57 bits per heavy atom. The van der Waals surface area contributed by atoms with Gasteiger partial charge in [0, 0.05) is 63.6 Å². The Morgan fingerprint density at radius 1 is 1.02 bits per heavy atom. The molecule has 18 heteroatoms. The van der Waals surface area contributed by atoms with Crippen LogP contribution in [0.1, 0.15) is 93.1 Å². The first kappa shape index (κ1) is 39.9. The molecule has 16 nitrogen and oxygen atoms in total. The summed E-state index contributed by atoms with van der Waals surface area (Å²) in [5.74, 6) is 0.688. The van der Waals surface area contributed by atoms with Gasteiger partial charge in [0.1, 0.15) is 11.9 Å². The largest absolute Gasteiger partial charge is 0.378 e. The van der Waals surface area contributed by atoms with Gasteiger partial charge in [0.15, 0.2) is 11.3 Å². The minimum absolute atomic E-state index is 0.0729. The van der Waals surface area contributed by atoms with E-state index in [-0.39, 0.29) is 35.9 Å². The molecule has 2 amide bonds. The molecule has 2 bridgehead atoms. The molecule has 4 aromatic heterocycles. The zero-order chi connectivity index (χ0) is 41.9. The molecule has 1 unspecified atom stereocenters. The summed E-state index contributed by atoms with van der Waals surface area (Å²) >= 11 is 0. The summed E-state index contributed by atoms with van der Waals surface area (Å²) in [5.41, 5.74) is 4.00. The van der Waals surface area contributed by atoms with E-state index in [2.05, 4.69) is 48.6 Å². The molecule has 61 heavy (non-hydrogen) atoms. The number of imidazole rings is 1. The van der Waals surface area contributed by atoms with Crippen molar-refractivity contribution in [1.82, 2.24) is 48.6 Å². The van der Waals surface area contributed by atoms with E-state index in [1.54, 1.807) is 37.8 Å². The Balaban J connectivity index is 0.718. The molecule has 1 aliphatic carbocycles. The van der Waals surface area contributed by atoms with Crippen LogP contribution < -0.4 is 21.2 Å². The number of nitrogens with one attached hydrogen (secondary N) is 2. The van der Waals surface area contributed by atoms with Gasteiger partial charge in [0.05, 0.1) is 47.7 Å². The van der Waals surface area contributed by atoms with Crippen molar-refractivity contribution in [3.8, 4) is 0 Å². The maximum atomic E-state index is 14.3. The molecule has 0 spiro atoms. The molecular formula is C43H54F2N12O4. The van der Waals surface area contributed by atoms with Crippen molar-refractivity contribution in [3.05, 3.63) is 70.2 Å². The number of fused-ring (bicyclic) bond motifs is 4. The van der Waals surface area contributed by atoms with E-state index < -0.39 is 18.4 Å². The minimum atomic E-state index is -2.70. The topological polar surface area (TPSA) is 152 Å². The number of rotatable bonds is 12. The van der Waals surface area contributed by atoms with Crippen molar-refractivity contribution >= 4 is 40.0 Å². The summed E-state index contributed by atoms with van der Waals surface area (Å²) < 4.78 is 41.1. The lowest BCUT2D eigenvalue weighted by Gasteiger charge is -2.39. The van der Waals surface area contributed by atoms with Crippen LogP contribution in [0.15, 0.2) is 47.7 Å². The van der Waals surface area contributed by atoms with Crippen molar-refractivity contribution in [2.75, 3.05) is 50.1 Å². The number of nitrogens with zero attached hydrogens (tertiary/aromatic N) is 10. The number of para-hydroxylation sites is 1. The predicted molar refractivity (Wildman–Crippen MR) is 224 cm³/mol. The van der Waals surface area contributed by atoms with Crippen LogP contribution in [-0.4, -0.2) is 113 Å². The third-order valence-corrected chi connectivity index (χ3v) is 14.1. The van der Waals surface area contributed by atoms with E-state index in [0.717, 1.165) is 99.1 Å². The van der Waals surface area contributed by atoms with Gasteiger partial charge in [-0.2, -0.15) is 10.2 Å². The molecular weight excluding hydrogens is 787 g/mol. The standard InChI is InChI=1S/C43H54F2N12O4/c1-51(29-12-15-53(16-13-29)22-27-4-3-5-34-39(27)52(2)43(60)57(34)35-10-11-37(58)49-42(35)59)21-26-6-8-30(9-7-26)56-24-33(38(50-56)40(44)45)46-19-28-20-47-55-17-14-36(48-41(28)55)54-23-32-18-31(54)25-61-32/h3-5,14,17,20,24,26,29-32,35,40,46H,6-13,15-16,18-19,21-23,25H2,1-2H3,(H,49,58,59)/t26?,30?,31-,32-,35?/m1/s1. The van der Waals surface area contributed by atoms with Crippen molar-refractivity contribution < 1.29 is 23.1 Å². The maximum Gasteiger partial charge on any atom is 0.329 e. The number of alkyl halides is 2. The van der Waals surface area contributed by atoms with Crippen LogP contribution >= 0.6 is 0 Å². The van der Waals surface area contributed by atoms with Crippen LogP contribution in [-0.2, 0) is 34.5 Å². The number of hydrogen-bond donors (Lipinski definition) is 2. The summed E-state index contributed by atoms with van der Waals surface area (Å²) in [7, 11) is 3.98. The number of halogens is 2. The van der Waals surface area contributed by atoms with Crippen LogP contribution in [0.3, 0.4) is 0 Å². The van der Waals surface area contributed by atoms with Crippen LogP contribution in [0.25, 0.3) is 16.7 Å². The van der Waals surface area contributed by atoms with E-state index >= 15 is 0 Å². The number of aryl methyl sites for hydroxylation is 1. The number of likely N-dealkylation sites (tertiary alicyclic amines) is 1. The van der Waals surface area contributed by atoms with Crippen molar-refractivity contribution in [1.29, 1.82) is 0 Å². The van der Waals surface area contributed by atoms with Gasteiger partial charge < -0.3 is 19.9 Å². The summed E-state index contributed by atoms with van der Waals surface area (Å²) in [6, 6.07) is 8.03. The van der Waals surface area contributed by atoms with Gasteiger partial charge >= 0.3 is 5.69 Å². The molecule has 3 atom stereocenters. The first-order valence-electron chi connectivity index (χ1n) is 21.9. The number of morpholine rings is 1. The molecule has 1 saturated carbocycles. The highest BCUT2D eigenvalue weighted by atomic mass is 19.3. The Kier molecular flexibility index (Phi) is 10.6. The molecule has 4 aliphatic heterocycles. The molecule has 5 fully saturated rings. The smallest absolute Gasteiger partial charge is 0.329 e. The normalized spacial score (nSPS) is 25.2. The summed E-state index contributed by atoms with van der Waals surface area (Å²) in [6.07, 6.45) is 10.4. The zero-order valence-electron chi connectivity index (χ0n) is 34.8. The van der Waals surface area contributed by atoms with Crippen LogP contribution in [0, 0.1) is 5.92 Å². The Morgan fingerprint density at radius 2 is 1.84 bits per heavy atom. The van der Waals surface area contributed by atoms with Crippen LogP contribution in [0.5, 0.6) is 0 Å². The number of carbonyl (C=O) groups is 2. The van der Waals surface area contributed by atoms with Crippen molar-refractivity contribution in [2.24, 2.45) is 13.0 Å². The number of amides is 2. The third kappa shape index (κ3) is 7.60. The van der Waals surface area contributed by atoms with E-state index in [4.69, 9.17) is 9.72 Å². The maximum absolute atomic E-state index is 14.3. The number of aromatic nitrogens is 7. The average molecular weight is 841 g/mol. The van der Waals surface area contributed by atoms with Crippen LogP contribution in [0.2, 0.25) is 0 Å². The number of carbonyl (C=O) groups excluding carboxylic acids is 2. The third-order valence-electron chi connectivity index (χ3n) is 14.1. The van der Waals surface area contributed by atoms with Gasteiger partial charge in [-0.3, -0.25) is 33.6 Å². The zero-order valence-corrected chi connectivity index (χ0v) is 34.8. The summed E-state index contributed by atoms with van der Waals surface area (Å²) in [5, 5.41) is 14.5. The lowest BCUT2D eigenvalue weighted by Crippen LogP contribution is -2.44. The van der Waals surface area contributed by atoms with E-state index in [0.29, 0.717) is 55.5 Å². The number of benzene rings is 1. The molecule has 324 valence electrons. The molecule has 5 aromatic rings. The number of ether oxygens (including phenoxy) is 1. The monoisotopic (exact) mass is 840 g/mol. The van der Waals surface area contributed by atoms with E-state index in [1.807, 2.05) is 24.4 Å². The lowest BCUT2D eigenvalue weighted by molar-refractivity contribution is -0.135. The van der Waals surface area contributed by atoms with E-state index in [1.165, 1.54) is 0 Å². The molecule has 2 N–H and O–H groups in total. The number of anilines is 2. The van der Waals surface area contributed by atoms with Crippen molar-refractivity contribution in [3.63, 3.8) is 0 Å². The quantitative estimate of drug-likeness (QED) is 0.172. The second-order valence-corrected chi connectivity index (χ2v) is 17.9. The summed E-state index contributed by atoms with van der Waals surface area (Å²) in [4.78, 5) is 50.1. The summed E-state index contributed by atoms with van der Waals surface area (Å²) in [6.45, 7) is 5.42. The Bertz CT molecular complexity index is 2500. The fraction of sp³-hybridized carbons (Fsp3) is 0.581. The lowest BCUT2D eigenvalue weighted by atomic mass is 9.85. The highest BCUT2D eigenvalue weighted by molar-refractivity contribution is 6.00. The average Bonchev–Trinajstić information content (AvgIpc) is 4.11. The Labute approximate surface area is 351 Å². The SMILES string of the molecule is CN(CC1CCC(n2cc(NCc3cnn4ccc(N5C[C@H]6C[C@@H]5CO6)nc34)c(C(F)F)n2)CC1)C1CCN(Cc2cccc3c2n(C)c(=O)n3C2CCC(=O)NC2=O)CC1. The van der Waals surface area contributed by atoms with Gasteiger partial charge in [0.25, 0.3) is 6.43 Å². The predicted octanol–water partition coefficient (Wildman–Crippen LogP) is 4.41. The van der Waals surface area contributed by atoms with Crippen LogP contribution in [0.4, 0.5) is 20.3 Å². The van der Waals surface area contributed by atoms with E-state index in [9.17, 15) is 23.2 Å². The highest BCUT2D eigenvalue weighted by Gasteiger charge is 2.40. The molecule has 1 aromatic carbocycles. The molecule has 8 heterocycles. The van der Waals surface area contributed by atoms with Gasteiger partial charge in [-0.05, 0) is 95.1 Å². The second kappa shape index (κ2) is 16.2. The molecule has 10 rings (SSSR count). The van der Waals surface area contributed by atoms with Crippen molar-refractivity contribution in [2.45, 2.75) is 108 Å². The number of piperidine rings is 2. The first-order chi connectivity index (χ1) is 29.6. The number of hydrogen-bond acceptors (Lipinski definition) is 11. The fourth-order valence-corrected chi connectivity index (χ4v) is 10.7. The van der Waals surface area contributed by atoms with Gasteiger partial charge in [-0.15, -0.1) is 0 Å². The van der Waals surface area contributed by atoms with Gasteiger partial charge in [-0.1, -0.05) is 12.1 Å². The minimum Gasteiger partial charge on any atom is -0.378 e. The molecule has 0 radical (unpaired) electrons. The van der Waals surface area contributed by atoms with Gasteiger partial charge in [-0.25, -0.2) is 23.1 Å². The number of imide groups is 1. The highest BCUT2D eigenvalue weighted by Crippen LogP contribution is 2.37.